The minimum atomic E-state index is 0.303. The van der Waals surface area contributed by atoms with Crippen LogP contribution in [0.15, 0.2) is 24.3 Å². The van der Waals surface area contributed by atoms with E-state index in [4.69, 9.17) is 0 Å². The molecule has 1 saturated heterocycles. The van der Waals surface area contributed by atoms with E-state index in [-0.39, 0.29) is 0 Å². The quantitative estimate of drug-likeness (QED) is 0.846. The van der Waals surface area contributed by atoms with E-state index < -0.39 is 0 Å². The Morgan fingerprint density at radius 3 is 2.11 bits per heavy atom. The molecule has 1 aliphatic heterocycles. The number of nitrogens with one attached hydrogen (secondary N) is 1. The van der Waals surface area contributed by atoms with Crippen molar-refractivity contribution in [1.82, 2.24) is 5.32 Å². The number of rotatable bonds is 3. The van der Waals surface area contributed by atoms with Crippen LogP contribution in [0.25, 0.3) is 0 Å². The average Bonchev–Trinajstić information content (AvgIpc) is 2.40. The third-order valence-corrected chi connectivity index (χ3v) is 4.68. The molecule has 1 aromatic rings. The summed E-state index contributed by atoms with van der Waals surface area (Å²) in [5.74, 6) is 1.43. The summed E-state index contributed by atoms with van der Waals surface area (Å²) in [6, 6.07) is 9.31. The van der Waals surface area contributed by atoms with E-state index >= 15 is 0 Å². The molecule has 0 spiro atoms. The van der Waals surface area contributed by atoms with Crippen LogP contribution in [0.2, 0.25) is 0 Å². The number of benzene rings is 1. The second kappa shape index (κ2) is 5.44. The molecule has 1 fully saturated rings. The molecule has 0 unspecified atom stereocenters. The molecule has 0 amide bonds. The summed E-state index contributed by atoms with van der Waals surface area (Å²) in [4.78, 5) is 0. The first-order valence-corrected chi connectivity index (χ1v) is 7.33. The van der Waals surface area contributed by atoms with Crippen molar-refractivity contribution in [3.63, 3.8) is 0 Å². The van der Waals surface area contributed by atoms with Crippen molar-refractivity contribution in [2.75, 3.05) is 13.1 Å². The minimum Gasteiger partial charge on any atom is -0.317 e. The summed E-state index contributed by atoms with van der Waals surface area (Å²) in [5, 5.41) is 3.46. The maximum Gasteiger partial charge on any atom is -0.00460 e. The van der Waals surface area contributed by atoms with Gasteiger partial charge in [0.2, 0.25) is 0 Å². The second-order valence-electron chi connectivity index (χ2n) is 6.52. The van der Waals surface area contributed by atoms with Crippen molar-refractivity contribution in [2.24, 2.45) is 5.92 Å². The predicted molar refractivity (Wildman–Crippen MR) is 79.2 cm³/mol. The van der Waals surface area contributed by atoms with E-state index in [0.717, 1.165) is 5.92 Å². The lowest BCUT2D eigenvalue weighted by Crippen LogP contribution is -2.38. The SMILES string of the molecule is CC(C)c1ccc(C(C)(C)C2CCNCC2)cc1. The van der Waals surface area contributed by atoms with Crippen LogP contribution in [0.1, 0.15) is 57.6 Å². The molecule has 1 aromatic carbocycles. The zero-order valence-electron chi connectivity index (χ0n) is 12.3. The van der Waals surface area contributed by atoms with Crippen molar-refractivity contribution >= 4 is 0 Å². The van der Waals surface area contributed by atoms with Gasteiger partial charge < -0.3 is 5.32 Å². The van der Waals surface area contributed by atoms with E-state index in [1.54, 1.807) is 0 Å². The smallest absolute Gasteiger partial charge is 0.00460 e. The maximum atomic E-state index is 3.46. The van der Waals surface area contributed by atoms with Gasteiger partial charge in [-0.25, -0.2) is 0 Å². The Balaban J connectivity index is 2.17. The highest BCUT2D eigenvalue weighted by atomic mass is 14.9. The molecular formula is C17H27N. The van der Waals surface area contributed by atoms with Crippen LogP contribution in [0.5, 0.6) is 0 Å². The van der Waals surface area contributed by atoms with Gasteiger partial charge in [-0.3, -0.25) is 0 Å². The van der Waals surface area contributed by atoms with Crippen LogP contribution >= 0.6 is 0 Å². The van der Waals surface area contributed by atoms with Gasteiger partial charge in [-0.15, -0.1) is 0 Å². The van der Waals surface area contributed by atoms with Gasteiger partial charge in [0.05, 0.1) is 0 Å². The summed E-state index contributed by atoms with van der Waals surface area (Å²) in [5.41, 5.74) is 3.25. The van der Waals surface area contributed by atoms with E-state index in [1.165, 1.54) is 37.1 Å². The molecule has 18 heavy (non-hydrogen) atoms. The highest BCUT2D eigenvalue weighted by Crippen LogP contribution is 2.37. The average molecular weight is 245 g/mol. The van der Waals surface area contributed by atoms with Crippen molar-refractivity contribution in [3.8, 4) is 0 Å². The van der Waals surface area contributed by atoms with Crippen molar-refractivity contribution in [1.29, 1.82) is 0 Å². The third-order valence-electron chi connectivity index (χ3n) is 4.68. The largest absolute Gasteiger partial charge is 0.317 e. The van der Waals surface area contributed by atoms with Crippen LogP contribution in [-0.4, -0.2) is 13.1 Å². The fourth-order valence-corrected chi connectivity index (χ4v) is 3.08. The van der Waals surface area contributed by atoms with Gasteiger partial charge in [-0.1, -0.05) is 52.0 Å². The first kappa shape index (κ1) is 13.6. The molecule has 0 saturated carbocycles. The van der Waals surface area contributed by atoms with Gasteiger partial charge in [0.1, 0.15) is 0 Å². The molecule has 100 valence electrons. The van der Waals surface area contributed by atoms with Gasteiger partial charge in [0.25, 0.3) is 0 Å². The van der Waals surface area contributed by atoms with Crippen LogP contribution in [0, 0.1) is 5.92 Å². The summed E-state index contributed by atoms with van der Waals surface area (Å²) in [6.45, 7) is 11.7. The topological polar surface area (TPSA) is 12.0 Å². The van der Waals surface area contributed by atoms with Crippen LogP contribution in [0.4, 0.5) is 0 Å². The summed E-state index contributed by atoms with van der Waals surface area (Å²) >= 11 is 0. The van der Waals surface area contributed by atoms with E-state index in [2.05, 4.69) is 57.3 Å². The zero-order valence-corrected chi connectivity index (χ0v) is 12.3. The van der Waals surface area contributed by atoms with E-state index in [0.29, 0.717) is 11.3 Å². The van der Waals surface area contributed by atoms with Gasteiger partial charge >= 0.3 is 0 Å². The molecule has 0 radical (unpaired) electrons. The Kier molecular flexibility index (Phi) is 4.11. The molecule has 0 atom stereocenters. The Labute approximate surface area is 112 Å². The predicted octanol–water partition coefficient (Wildman–Crippen LogP) is 4.09. The summed E-state index contributed by atoms with van der Waals surface area (Å²) < 4.78 is 0. The second-order valence-corrected chi connectivity index (χ2v) is 6.52. The van der Waals surface area contributed by atoms with Crippen molar-refractivity contribution in [3.05, 3.63) is 35.4 Å². The molecule has 2 rings (SSSR count). The number of hydrogen-bond acceptors (Lipinski definition) is 1. The van der Waals surface area contributed by atoms with Crippen LogP contribution in [-0.2, 0) is 5.41 Å². The van der Waals surface area contributed by atoms with Crippen molar-refractivity contribution < 1.29 is 0 Å². The standard InChI is InChI=1S/C17H27N/c1-13(2)14-5-7-15(8-6-14)17(3,4)16-9-11-18-12-10-16/h5-8,13,16,18H,9-12H2,1-4H3. The summed E-state index contributed by atoms with van der Waals surface area (Å²) in [6.07, 6.45) is 2.61. The first-order valence-electron chi connectivity index (χ1n) is 7.33. The molecular weight excluding hydrogens is 218 g/mol. The first-order chi connectivity index (χ1) is 8.51. The molecule has 1 heteroatoms. The van der Waals surface area contributed by atoms with E-state index in [1.807, 2.05) is 0 Å². The molecule has 0 aliphatic carbocycles. The lowest BCUT2D eigenvalue weighted by Gasteiger charge is -2.38. The fourth-order valence-electron chi connectivity index (χ4n) is 3.08. The molecule has 1 N–H and O–H groups in total. The Hall–Kier alpha value is -0.820. The fraction of sp³-hybridized carbons (Fsp3) is 0.647. The van der Waals surface area contributed by atoms with Gasteiger partial charge in [-0.2, -0.15) is 0 Å². The number of hydrogen-bond donors (Lipinski definition) is 1. The van der Waals surface area contributed by atoms with Gasteiger partial charge in [0, 0.05) is 0 Å². The highest BCUT2D eigenvalue weighted by molar-refractivity contribution is 5.30. The lowest BCUT2D eigenvalue weighted by molar-refractivity contribution is 0.247. The minimum absolute atomic E-state index is 0.303. The molecule has 1 nitrogen and oxygen atoms in total. The Morgan fingerprint density at radius 1 is 1.06 bits per heavy atom. The van der Waals surface area contributed by atoms with E-state index in [9.17, 15) is 0 Å². The summed E-state index contributed by atoms with van der Waals surface area (Å²) in [7, 11) is 0. The third kappa shape index (κ3) is 2.77. The molecule has 1 heterocycles. The molecule has 0 bridgehead atoms. The monoisotopic (exact) mass is 245 g/mol. The van der Waals surface area contributed by atoms with Crippen molar-refractivity contribution in [2.45, 2.75) is 51.9 Å². The van der Waals surface area contributed by atoms with Gasteiger partial charge in [0.15, 0.2) is 0 Å². The Morgan fingerprint density at radius 2 is 1.61 bits per heavy atom. The normalized spacial score (nSPS) is 18.3. The van der Waals surface area contributed by atoms with Crippen LogP contribution < -0.4 is 5.32 Å². The number of piperidine rings is 1. The molecule has 0 aromatic heterocycles. The highest BCUT2D eigenvalue weighted by Gasteiger charge is 2.31. The van der Waals surface area contributed by atoms with Crippen LogP contribution in [0.3, 0.4) is 0 Å². The zero-order chi connectivity index (χ0) is 13.2. The maximum absolute atomic E-state index is 3.46. The molecule has 1 aliphatic rings. The van der Waals surface area contributed by atoms with Gasteiger partial charge in [-0.05, 0) is 54.3 Å². The lowest BCUT2D eigenvalue weighted by atomic mass is 9.69. The Bertz CT molecular complexity index is 369.